The van der Waals surface area contributed by atoms with Gasteiger partial charge >= 0.3 is 0 Å². The number of nitrogens with zero attached hydrogens (tertiary/aromatic N) is 2. The van der Waals surface area contributed by atoms with Crippen molar-refractivity contribution >= 4 is 0 Å². The molecular formula is C16H21N3O3. The highest BCUT2D eigenvalue weighted by molar-refractivity contribution is 5.59. The zero-order valence-corrected chi connectivity index (χ0v) is 12.7. The third-order valence-corrected chi connectivity index (χ3v) is 3.92. The topological polar surface area (TPSA) is 83.4 Å². The molecule has 1 aliphatic heterocycles. The Morgan fingerprint density at radius 3 is 3.05 bits per heavy atom. The van der Waals surface area contributed by atoms with E-state index in [1.165, 1.54) is 0 Å². The standard InChI is InChI=1S/C16H21N3O3/c1-2-20-10-12-5-3-4-6-13(12)15-18-16(22-19-15)14-11(9-17)7-8-21-14/h3-6,11,14H,2,7-10,17H2,1H3/t11-,14-/m0/s1. The van der Waals surface area contributed by atoms with E-state index in [0.29, 0.717) is 38.1 Å². The zero-order valence-electron chi connectivity index (χ0n) is 12.7. The summed E-state index contributed by atoms with van der Waals surface area (Å²) in [6.07, 6.45) is 0.741. The fourth-order valence-corrected chi connectivity index (χ4v) is 2.68. The molecule has 1 aromatic carbocycles. The highest BCUT2D eigenvalue weighted by Gasteiger charge is 2.33. The van der Waals surface area contributed by atoms with Crippen LogP contribution < -0.4 is 5.73 Å². The Labute approximate surface area is 129 Å². The van der Waals surface area contributed by atoms with Crippen LogP contribution >= 0.6 is 0 Å². The van der Waals surface area contributed by atoms with Gasteiger partial charge in [0.1, 0.15) is 6.10 Å². The second kappa shape index (κ2) is 7.00. The van der Waals surface area contributed by atoms with Crippen molar-refractivity contribution in [2.75, 3.05) is 19.8 Å². The Hall–Kier alpha value is -1.76. The fraction of sp³-hybridized carbons (Fsp3) is 0.500. The van der Waals surface area contributed by atoms with Gasteiger partial charge in [-0.3, -0.25) is 0 Å². The lowest BCUT2D eigenvalue weighted by molar-refractivity contribution is 0.0642. The van der Waals surface area contributed by atoms with Gasteiger partial charge in [0.15, 0.2) is 0 Å². The van der Waals surface area contributed by atoms with Crippen LogP contribution in [0.2, 0.25) is 0 Å². The first-order chi connectivity index (χ1) is 10.8. The second-order valence-corrected chi connectivity index (χ2v) is 5.33. The Balaban J connectivity index is 1.85. The Morgan fingerprint density at radius 2 is 2.23 bits per heavy atom. The van der Waals surface area contributed by atoms with E-state index < -0.39 is 0 Å². The lowest BCUT2D eigenvalue weighted by Crippen LogP contribution is -2.18. The van der Waals surface area contributed by atoms with E-state index in [1.54, 1.807) is 0 Å². The molecule has 22 heavy (non-hydrogen) atoms. The minimum Gasteiger partial charge on any atom is -0.377 e. The maximum atomic E-state index is 5.77. The summed E-state index contributed by atoms with van der Waals surface area (Å²) in [7, 11) is 0. The molecule has 0 unspecified atom stereocenters. The van der Waals surface area contributed by atoms with Crippen LogP contribution in [-0.4, -0.2) is 29.9 Å². The summed E-state index contributed by atoms with van der Waals surface area (Å²) in [5.41, 5.74) is 7.74. The van der Waals surface area contributed by atoms with Crippen molar-refractivity contribution in [3.05, 3.63) is 35.7 Å². The summed E-state index contributed by atoms with van der Waals surface area (Å²) in [6, 6.07) is 7.91. The van der Waals surface area contributed by atoms with Crippen LogP contribution in [0.25, 0.3) is 11.4 Å². The summed E-state index contributed by atoms with van der Waals surface area (Å²) in [4.78, 5) is 4.52. The van der Waals surface area contributed by atoms with Crippen LogP contribution in [0, 0.1) is 5.92 Å². The van der Waals surface area contributed by atoms with E-state index in [9.17, 15) is 0 Å². The number of aromatic nitrogens is 2. The maximum absolute atomic E-state index is 5.77. The molecule has 118 valence electrons. The SMILES string of the molecule is CCOCc1ccccc1-c1noc([C@H]2OCC[C@H]2CN)n1. The van der Waals surface area contributed by atoms with E-state index in [-0.39, 0.29) is 12.0 Å². The highest BCUT2D eigenvalue weighted by Crippen LogP contribution is 2.34. The molecule has 0 amide bonds. The fourth-order valence-electron chi connectivity index (χ4n) is 2.68. The number of rotatable bonds is 6. The number of benzene rings is 1. The summed E-state index contributed by atoms with van der Waals surface area (Å²) in [5.74, 6) is 1.32. The summed E-state index contributed by atoms with van der Waals surface area (Å²) in [6.45, 7) is 4.41. The first-order valence-corrected chi connectivity index (χ1v) is 7.64. The first kappa shape index (κ1) is 15.1. The molecule has 1 aromatic heterocycles. The van der Waals surface area contributed by atoms with Crippen LogP contribution in [-0.2, 0) is 16.1 Å². The van der Waals surface area contributed by atoms with Gasteiger partial charge in [-0.2, -0.15) is 4.98 Å². The molecule has 2 atom stereocenters. The molecule has 0 radical (unpaired) electrons. The normalized spacial score (nSPS) is 21.4. The number of nitrogens with two attached hydrogens (primary N) is 1. The van der Waals surface area contributed by atoms with Crippen LogP contribution in [0.4, 0.5) is 0 Å². The molecule has 6 heteroatoms. The quantitative estimate of drug-likeness (QED) is 0.881. The van der Waals surface area contributed by atoms with Crippen LogP contribution in [0.5, 0.6) is 0 Å². The number of hydrogen-bond donors (Lipinski definition) is 1. The van der Waals surface area contributed by atoms with E-state index in [0.717, 1.165) is 17.5 Å². The van der Waals surface area contributed by atoms with Crippen molar-refractivity contribution < 1.29 is 14.0 Å². The van der Waals surface area contributed by atoms with Gasteiger partial charge in [0.2, 0.25) is 5.82 Å². The molecule has 0 aliphatic carbocycles. The molecule has 6 nitrogen and oxygen atoms in total. The minimum atomic E-state index is -0.190. The maximum Gasteiger partial charge on any atom is 0.256 e. The molecule has 1 saturated heterocycles. The van der Waals surface area contributed by atoms with Gasteiger partial charge in [0.05, 0.1) is 6.61 Å². The van der Waals surface area contributed by atoms with Crippen LogP contribution in [0.15, 0.2) is 28.8 Å². The van der Waals surface area contributed by atoms with E-state index in [1.807, 2.05) is 31.2 Å². The van der Waals surface area contributed by atoms with Crippen LogP contribution in [0.1, 0.15) is 30.9 Å². The molecule has 0 bridgehead atoms. The molecule has 0 saturated carbocycles. The van der Waals surface area contributed by atoms with Gasteiger partial charge < -0.3 is 19.7 Å². The number of ether oxygens (including phenoxy) is 2. The number of hydrogen-bond acceptors (Lipinski definition) is 6. The lowest BCUT2D eigenvalue weighted by atomic mass is 10.0. The summed E-state index contributed by atoms with van der Waals surface area (Å²) < 4.78 is 16.6. The third kappa shape index (κ3) is 3.04. The molecule has 2 heterocycles. The van der Waals surface area contributed by atoms with Crippen molar-refractivity contribution in [2.45, 2.75) is 26.1 Å². The van der Waals surface area contributed by atoms with Gasteiger partial charge in [0.25, 0.3) is 5.89 Å². The second-order valence-electron chi connectivity index (χ2n) is 5.33. The van der Waals surface area contributed by atoms with Gasteiger partial charge in [-0.25, -0.2) is 0 Å². The average Bonchev–Trinajstić information content (AvgIpc) is 3.21. The molecule has 0 spiro atoms. The monoisotopic (exact) mass is 303 g/mol. The highest BCUT2D eigenvalue weighted by atomic mass is 16.5. The first-order valence-electron chi connectivity index (χ1n) is 7.64. The molecule has 2 N–H and O–H groups in total. The van der Waals surface area contributed by atoms with E-state index in [4.69, 9.17) is 19.7 Å². The smallest absolute Gasteiger partial charge is 0.256 e. The molecule has 3 rings (SSSR count). The molecule has 1 aliphatic rings. The van der Waals surface area contributed by atoms with Gasteiger partial charge in [-0.15, -0.1) is 0 Å². The van der Waals surface area contributed by atoms with Crippen molar-refractivity contribution in [3.63, 3.8) is 0 Å². The van der Waals surface area contributed by atoms with Crippen molar-refractivity contribution in [1.29, 1.82) is 0 Å². The van der Waals surface area contributed by atoms with E-state index >= 15 is 0 Å². The Bertz CT molecular complexity index is 614. The molecule has 2 aromatic rings. The predicted octanol–water partition coefficient (Wildman–Crippen LogP) is 2.31. The summed E-state index contributed by atoms with van der Waals surface area (Å²) in [5, 5.41) is 4.11. The van der Waals surface area contributed by atoms with Gasteiger partial charge in [0, 0.05) is 24.7 Å². The van der Waals surface area contributed by atoms with Gasteiger partial charge in [-0.05, 0) is 25.5 Å². The van der Waals surface area contributed by atoms with Crippen molar-refractivity contribution in [2.24, 2.45) is 11.7 Å². The Kier molecular flexibility index (Phi) is 4.82. The predicted molar refractivity (Wildman–Crippen MR) is 80.9 cm³/mol. The van der Waals surface area contributed by atoms with Crippen molar-refractivity contribution in [3.8, 4) is 11.4 Å². The largest absolute Gasteiger partial charge is 0.377 e. The minimum absolute atomic E-state index is 0.190. The van der Waals surface area contributed by atoms with Crippen molar-refractivity contribution in [1.82, 2.24) is 10.1 Å². The van der Waals surface area contributed by atoms with Crippen LogP contribution in [0.3, 0.4) is 0 Å². The van der Waals surface area contributed by atoms with Gasteiger partial charge in [-0.1, -0.05) is 29.4 Å². The molecule has 1 fully saturated rings. The third-order valence-electron chi connectivity index (χ3n) is 3.92. The summed E-state index contributed by atoms with van der Waals surface area (Å²) >= 11 is 0. The zero-order chi connectivity index (χ0) is 15.4. The Morgan fingerprint density at radius 1 is 1.36 bits per heavy atom. The molecular weight excluding hydrogens is 282 g/mol. The lowest BCUT2D eigenvalue weighted by Gasteiger charge is -2.11. The average molecular weight is 303 g/mol. The van der Waals surface area contributed by atoms with E-state index in [2.05, 4.69) is 10.1 Å².